The van der Waals surface area contributed by atoms with Crippen LogP contribution in [0.4, 0.5) is 17.1 Å². The quantitative estimate of drug-likeness (QED) is 0.210. The number of hydrogen-bond donors (Lipinski definition) is 0. The molecule has 0 saturated carbocycles. The first-order chi connectivity index (χ1) is 20.9. The summed E-state index contributed by atoms with van der Waals surface area (Å²) < 4.78 is 0. The lowest BCUT2D eigenvalue weighted by Crippen LogP contribution is -2.19. The maximum atomic E-state index is 2.54. The van der Waals surface area contributed by atoms with Crippen molar-refractivity contribution in [2.24, 2.45) is 0 Å². The molecular formula is C42H35N. The molecule has 43 heavy (non-hydrogen) atoms. The zero-order valence-electron chi connectivity index (χ0n) is 25.2. The van der Waals surface area contributed by atoms with E-state index in [1.807, 2.05) is 0 Å². The highest BCUT2D eigenvalue weighted by atomic mass is 15.1. The van der Waals surface area contributed by atoms with Gasteiger partial charge < -0.3 is 4.90 Å². The Labute approximate surface area is 255 Å². The van der Waals surface area contributed by atoms with E-state index in [1.54, 1.807) is 0 Å². The Balaban J connectivity index is 1.46. The third kappa shape index (κ3) is 3.71. The second-order valence-electron chi connectivity index (χ2n) is 13.0. The van der Waals surface area contributed by atoms with Gasteiger partial charge in [0.2, 0.25) is 0 Å². The van der Waals surface area contributed by atoms with Crippen molar-refractivity contribution in [3.05, 3.63) is 162 Å². The summed E-state index contributed by atoms with van der Waals surface area (Å²) in [4.78, 5) is 2.37. The molecule has 0 amide bonds. The van der Waals surface area contributed by atoms with Crippen LogP contribution in [0, 0.1) is 0 Å². The number of nitrogens with zero attached hydrogens (tertiary/aromatic N) is 1. The van der Waals surface area contributed by atoms with Crippen molar-refractivity contribution in [2.75, 3.05) is 4.90 Å². The molecule has 1 heteroatoms. The van der Waals surface area contributed by atoms with Crippen molar-refractivity contribution >= 4 is 17.1 Å². The number of para-hydroxylation sites is 2. The minimum Gasteiger partial charge on any atom is -0.310 e. The molecule has 208 valence electrons. The van der Waals surface area contributed by atoms with Gasteiger partial charge in [-0.25, -0.2) is 0 Å². The second kappa shape index (κ2) is 9.31. The van der Waals surface area contributed by atoms with Crippen molar-refractivity contribution < 1.29 is 0 Å². The normalized spacial score (nSPS) is 14.9. The highest BCUT2D eigenvalue weighted by Gasteiger charge is 2.44. The summed E-state index contributed by atoms with van der Waals surface area (Å²) in [6, 6.07) is 51.2. The van der Waals surface area contributed by atoms with Crippen LogP contribution in [0.25, 0.3) is 33.4 Å². The molecule has 2 aliphatic carbocycles. The predicted molar refractivity (Wildman–Crippen MR) is 182 cm³/mol. The van der Waals surface area contributed by atoms with Gasteiger partial charge in [0.1, 0.15) is 0 Å². The van der Waals surface area contributed by atoms with E-state index in [0.717, 1.165) is 11.4 Å². The number of benzene rings is 6. The summed E-state index contributed by atoms with van der Waals surface area (Å²) >= 11 is 0. The van der Waals surface area contributed by atoms with Gasteiger partial charge in [0, 0.05) is 27.9 Å². The Morgan fingerprint density at radius 3 is 1.47 bits per heavy atom. The molecule has 0 atom stereocenters. The lowest BCUT2D eigenvalue weighted by Gasteiger charge is -2.27. The van der Waals surface area contributed by atoms with E-state index in [9.17, 15) is 0 Å². The zero-order chi connectivity index (χ0) is 29.3. The Bertz CT molecular complexity index is 1960. The summed E-state index contributed by atoms with van der Waals surface area (Å²) in [5.74, 6) is 0. The Kier molecular flexibility index (Phi) is 5.59. The molecule has 0 aliphatic heterocycles. The van der Waals surface area contributed by atoms with Crippen LogP contribution in [0.2, 0.25) is 0 Å². The molecule has 0 radical (unpaired) electrons. The zero-order valence-corrected chi connectivity index (χ0v) is 25.2. The van der Waals surface area contributed by atoms with Crippen LogP contribution in [-0.4, -0.2) is 0 Å². The highest BCUT2D eigenvalue weighted by Crippen LogP contribution is 2.61. The van der Waals surface area contributed by atoms with E-state index in [-0.39, 0.29) is 10.8 Å². The topological polar surface area (TPSA) is 3.24 Å². The van der Waals surface area contributed by atoms with E-state index in [1.165, 1.54) is 61.3 Å². The van der Waals surface area contributed by atoms with E-state index >= 15 is 0 Å². The van der Waals surface area contributed by atoms with Crippen LogP contribution in [-0.2, 0) is 10.8 Å². The number of fused-ring (bicyclic) bond motifs is 6. The SMILES string of the molecule is CC1(C)c2ccccc2-c2c1cc1c(c2-c2ccccc2)-c2cc(N(c3ccccc3)c3ccccc3)ccc2C1(C)C. The average molecular weight is 554 g/mol. The van der Waals surface area contributed by atoms with Crippen molar-refractivity contribution in [1.29, 1.82) is 0 Å². The molecule has 0 bridgehead atoms. The standard InChI is InChI=1S/C42H35N/c1-41(2)34-23-15-14-22-32(34)39-36(41)27-37-40(38(39)28-16-8-5-9-17-28)33-26-31(24-25-35(33)42(37,3)4)43(29-18-10-6-11-19-29)30-20-12-7-13-21-30/h5-27H,1-4H3. The van der Waals surface area contributed by atoms with E-state index < -0.39 is 0 Å². The van der Waals surface area contributed by atoms with Crippen LogP contribution < -0.4 is 4.90 Å². The fourth-order valence-electron chi connectivity index (χ4n) is 7.68. The lowest BCUT2D eigenvalue weighted by atomic mass is 9.76. The van der Waals surface area contributed by atoms with Gasteiger partial charge in [0.15, 0.2) is 0 Å². The van der Waals surface area contributed by atoms with Crippen molar-refractivity contribution in [3.63, 3.8) is 0 Å². The molecule has 0 heterocycles. The van der Waals surface area contributed by atoms with Crippen molar-refractivity contribution in [3.8, 4) is 33.4 Å². The first kappa shape index (κ1) is 25.8. The first-order valence-electron chi connectivity index (χ1n) is 15.3. The molecular weight excluding hydrogens is 518 g/mol. The molecule has 6 aromatic rings. The molecule has 1 nitrogen and oxygen atoms in total. The number of rotatable bonds is 4. The molecule has 0 fully saturated rings. The van der Waals surface area contributed by atoms with Crippen molar-refractivity contribution in [1.82, 2.24) is 0 Å². The second-order valence-corrected chi connectivity index (χ2v) is 13.0. The average Bonchev–Trinajstić information content (AvgIpc) is 3.41. The Morgan fingerprint density at radius 1 is 0.372 bits per heavy atom. The van der Waals surface area contributed by atoms with Gasteiger partial charge in [0.25, 0.3) is 0 Å². The summed E-state index contributed by atoms with van der Waals surface area (Å²) in [6.07, 6.45) is 0. The third-order valence-corrected chi connectivity index (χ3v) is 9.84. The minimum absolute atomic E-state index is 0.0715. The fourth-order valence-corrected chi connectivity index (χ4v) is 7.68. The lowest BCUT2D eigenvalue weighted by molar-refractivity contribution is 0.639. The van der Waals surface area contributed by atoms with E-state index in [0.29, 0.717) is 0 Å². The third-order valence-electron chi connectivity index (χ3n) is 9.84. The Hall–Kier alpha value is -4.88. The largest absolute Gasteiger partial charge is 0.310 e. The van der Waals surface area contributed by atoms with Gasteiger partial charge in [-0.05, 0) is 92.0 Å². The molecule has 2 aliphatic rings. The van der Waals surface area contributed by atoms with Gasteiger partial charge in [-0.3, -0.25) is 0 Å². The molecule has 6 aromatic carbocycles. The van der Waals surface area contributed by atoms with Crippen molar-refractivity contribution in [2.45, 2.75) is 38.5 Å². The summed E-state index contributed by atoms with van der Waals surface area (Å²) in [5.41, 5.74) is 17.0. The van der Waals surface area contributed by atoms with Gasteiger partial charge in [-0.1, -0.05) is 131 Å². The van der Waals surface area contributed by atoms with Crippen LogP contribution in [0.5, 0.6) is 0 Å². The van der Waals surface area contributed by atoms with Gasteiger partial charge in [0.05, 0.1) is 0 Å². The molecule has 0 N–H and O–H groups in total. The van der Waals surface area contributed by atoms with E-state index in [4.69, 9.17) is 0 Å². The predicted octanol–water partition coefficient (Wildman–Crippen LogP) is 11.4. The maximum Gasteiger partial charge on any atom is 0.0468 e. The maximum absolute atomic E-state index is 2.54. The summed E-state index contributed by atoms with van der Waals surface area (Å²) in [7, 11) is 0. The monoisotopic (exact) mass is 553 g/mol. The first-order valence-corrected chi connectivity index (χ1v) is 15.3. The summed E-state index contributed by atoms with van der Waals surface area (Å²) in [6.45, 7) is 9.59. The minimum atomic E-state index is -0.128. The smallest absolute Gasteiger partial charge is 0.0468 e. The molecule has 0 spiro atoms. The van der Waals surface area contributed by atoms with Gasteiger partial charge >= 0.3 is 0 Å². The molecule has 0 unspecified atom stereocenters. The van der Waals surface area contributed by atoms with Crippen LogP contribution in [0.3, 0.4) is 0 Å². The molecule has 8 rings (SSSR count). The highest BCUT2D eigenvalue weighted by molar-refractivity contribution is 6.04. The van der Waals surface area contributed by atoms with Crippen LogP contribution in [0.1, 0.15) is 49.9 Å². The number of anilines is 3. The summed E-state index contributed by atoms with van der Waals surface area (Å²) in [5, 5.41) is 0. The van der Waals surface area contributed by atoms with Crippen LogP contribution in [0.15, 0.2) is 140 Å². The fraction of sp³-hybridized carbons (Fsp3) is 0.143. The molecule has 0 saturated heterocycles. The Morgan fingerprint density at radius 2 is 0.860 bits per heavy atom. The molecule has 0 aromatic heterocycles. The van der Waals surface area contributed by atoms with Crippen LogP contribution >= 0.6 is 0 Å². The number of hydrogen-bond acceptors (Lipinski definition) is 1. The van der Waals surface area contributed by atoms with Gasteiger partial charge in [-0.2, -0.15) is 0 Å². The van der Waals surface area contributed by atoms with E-state index in [2.05, 4.69) is 172 Å². The van der Waals surface area contributed by atoms with Gasteiger partial charge in [-0.15, -0.1) is 0 Å².